The first-order valence-electron chi connectivity index (χ1n) is 11.0. The number of nitrogens with one attached hydrogen (secondary N) is 1. The number of hydrogen-bond donors (Lipinski definition) is 2. The zero-order valence-electron chi connectivity index (χ0n) is 17.3. The standard InChI is InChI=1S/C23H25N5O3/c29-16-5-8-27(23(12-16)6-7-23)21(30)17-13-24-28-10-9-26(14-20(17)28)22(31)19-11-15-3-1-2-4-18(15)25-19/h1-4,11,13,16,25,29H,5-10,12,14H2. The number of piperidine rings is 1. The Bertz CT molecular complexity index is 1160. The second kappa shape index (κ2) is 6.68. The van der Waals surface area contributed by atoms with Crippen LogP contribution in [0.15, 0.2) is 36.5 Å². The second-order valence-corrected chi connectivity index (χ2v) is 9.05. The first kappa shape index (κ1) is 18.6. The van der Waals surface area contributed by atoms with E-state index >= 15 is 0 Å². The molecular weight excluding hydrogens is 394 g/mol. The Balaban J connectivity index is 1.26. The minimum Gasteiger partial charge on any atom is -0.393 e. The van der Waals surface area contributed by atoms with Crippen LogP contribution in [0.5, 0.6) is 0 Å². The number of hydrogen-bond acceptors (Lipinski definition) is 4. The maximum absolute atomic E-state index is 13.4. The maximum Gasteiger partial charge on any atom is 0.270 e. The van der Waals surface area contributed by atoms with Gasteiger partial charge in [-0.25, -0.2) is 0 Å². The van der Waals surface area contributed by atoms with E-state index in [0.717, 1.165) is 29.4 Å². The van der Waals surface area contributed by atoms with Gasteiger partial charge in [0.25, 0.3) is 11.8 Å². The third-order valence-electron chi connectivity index (χ3n) is 7.10. The van der Waals surface area contributed by atoms with Gasteiger partial charge in [-0.1, -0.05) is 18.2 Å². The molecule has 1 atom stereocenters. The molecule has 1 aliphatic carbocycles. The van der Waals surface area contributed by atoms with Crippen molar-refractivity contribution in [1.29, 1.82) is 0 Å². The molecule has 1 unspecified atom stereocenters. The predicted molar refractivity (Wildman–Crippen MR) is 114 cm³/mol. The van der Waals surface area contributed by atoms with Gasteiger partial charge in [0.2, 0.25) is 0 Å². The summed E-state index contributed by atoms with van der Waals surface area (Å²) >= 11 is 0. The molecular formula is C23H25N5O3. The van der Waals surface area contributed by atoms with Gasteiger partial charge in [-0.2, -0.15) is 5.10 Å². The lowest BCUT2D eigenvalue weighted by atomic mass is 9.96. The number of H-pyrrole nitrogens is 1. The van der Waals surface area contributed by atoms with E-state index in [2.05, 4.69) is 10.1 Å². The SMILES string of the molecule is O=C(c1cc2ccccc2[nH]1)N1CCn2ncc(C(=O)N3CCC(O)CC34CC4)c2C1. The van der Waals surface area contributed by atoms with Gasteiger partial charge < -0.3 is 19.9 Å². The second-order valence-electron chi connectivity index (χ2n) is 9.05. The average Bonchev–Trinajstić information content (AvgIpc) is 3.23. The first-order chi connectivity index (χ1) is 15.0. The molecule has 3 aliphatic rings. The number of aromatic nitrogens is 3. The van der Waals surface area contributed by atoms with Gasteiger partial charge in [0.15, 0.2) is 0 Å². The summed E-state index contributed by atoms with van der Waals surface area (Å²) in [5.74, 6) is -0.0904. The van der Waals surface area contributed by atoms with E-state index in [1.807, 2.05) is 39.9 Å². The van der Waals surface area contributed by atoms with Gasteiger partial charge in [-0.3, -0.25) is 14.3 Å². The molecule has 2 amide bonds. The molecule has 1 aromatic carbocycles. The summed E-state index contributed by atoms with van der Waals surface area (Å²) in [6.07, 6.45) is 4.50. The van der Waals surface area contributed by atoms with Gasteiger partial charge in [0.05, 0.1) is 36.6 Å². The van der Waals surface area contributed by atoms with E-state index in [1.165, 1.54) is 0 Å². The molecule has 31 heavy (non-hydrogen) atoms. The van der Waals surface area contributed by atoms with Crippen molar-refractivity contribution >= 4 is 22.7 Å². The van der Waals surface area contributed by atoms with Gasteiger partial charge in [0, 0.05) is 29.5 Å². The number of carbonyl (C=O) groups excluding carboxylic acids is 2. The molecule has 1 saturated heterocycles. The number of rotatable bonds is 2. The van der Waals surface area contributed by atoms with Crippen molar-refractivity contribution in [3.63, 3.8) is 0 Å². The summed E-state index contributed by atoms with van der Waals surface area (Å²) < 4.78 is 1.85. The van der Waals surface area contributed by atoms with Crippen LogP contribution >= 0.6 is 0 Å². The molecule has 1 saturated carbocycles. The summed E-state index contributed by atoms with van der Waals surface area (Å²) in [6.45, 7) is 2.05. The number of likely N-dealkylation sites (tertiary alicyclic amines) is 1. The summed E-state index contributed by atoms with van der Waals surface area (Å²) in [6, 6.07) is 9.71. The maximum atomic E-state index is 13.4. The Morgan fingerprint density at radius 2 is 1.97 bits per heavy atom. The third kappa shape index (κ3) is 2.96. The highest BCUT2D eigenvalue weighted by Crippen LogP contribution is 2.49. The topological polar surface area (TPSA) is 94.5 Å². The fourth-order valence-electron chi connectivity index (χ4n) is 5.20. The molecule has 8 heteroatoms. The number of aromatic amines is 1. The molecule has 160 valence electrons. The summed E-state index contributed by atoms with van der Waals surface area (Å²) in [5.41, 5.74) is 2.69. The van der Waals surface area contributed by atoms with Crippen LogP contribution in [-0.4, -0.2) is 66.2 Å². The highest BCUT2D eigenvalue weighted by Gasteiger charge is 2.53. The van der Waals surface area contributed by atoms with E-state index in [1.54, 1.807) is 11.1 Å². The number of carbonyl (C=O) groups is 2. The van der Waals surface area contributed by atoms with E-state index in [-0.39, 0.29) is 23.5 Å². The molecule has 8 nitrogen and oxygen atoms in total. The number of nitrogens with zero attached hydrogens (tertiary/aromatic N) is 4. The average molecular weight is 419 g/mol. The zero-order valence-corrected chi connectivity index (χ0v) is 17.3. The predicted octanol–water partition coefficient (Wildman–Crippen LogP) is 2.15. The van der Waals surface area contributed by atoms with Crippen LogP contribution in [0, 0.1) is 0 Å². The normalized spacial score (nSPS) is 22.0. The summed E-state index contributed by atoms with van der Waals surface area (Å²) in [5, 5.41) is 15.5. The third-order valence-corrected chi connectivity index (χ3v) is 7.10. The van der Waals surface area contributed by atoms with Crippen LogP contribution in [0.1, 0.15) is 52.2 Å². The molecule has 3 aromatic rings. The van der Waals surface area contributed by atoms with Crippen molar-refractivity contribution in [1.82, 2.24) is 24.6 Å². The Morgan fingerprint density at radius 1 is 1.13 bits per heavy atom. The van der Waals surface area contributed by atoms with Crippen LogP contribution in [-0.2, 0) is 13.1 Å². The molecule has 2 fully saturated rings. The van der Waals surface area contributed by atoms with E-state index in [9.17, 15) is 14.7 Å². The first-order valence-corrected chi connectivity index (χ1v) is 11.0. The molecule has 2 N–H and O–H groups in total. The van der Waals surface area contributed by atoms with Crippen molar-refractivity contribution in [3.05, 3.63) is 53.5 Å². The number of fused-ring (bicyclic) bond motifs is 2. The Hall–Kier alpha value is -3.13. The van der Waals surface area contributed by atoms with Gasteiger partial charge in [-0.15, -0.1) is 0 Å². The lowest BCUT2D eigenvalue weighted by molar-refractivity contribution is 0.0246. The van der Waals surface area contributed by atoms with E-state index < -0.39 is 0 Å². The fraction of sp³-hybridized carbons (Fsp3) is 0.435. The molecule has 0 bridgehead atoms. The number of para-hydroxylation sites is 1. The molecule has 2 aliphatic heterocycles. The largest absolute Gasteiger partial charge is 0.393 e. The Kier molecular flexibility index (Phi) is 4.02. The Labute approximate surface area is 179 Å². The van der Waals surface area contributed by atoms with Crippen LogP contribution in [0.3, 0.4) is 0 Å². The van der Waals surface area contributed by atoms with Crippen molar-refractivity contribution < 1.29 is 14.7 Å². The molecule has 4 heterocycles. The quantitative estimate of drug-likeness (QED) is 0.666. The van der Waals surface area contributed by atoms with Crippen LogP contribution < -0.4 is 0 Å². The van der Waals surface area contributed by atoms with Crippen LogP contribution in [0.2, 0.25) is 0 Å². The van der Waals surface area contributed by atoms with Crippen molar-refractivity contribution in [2.45, 2.75) is 50.4 Å². The number of aliphatic hydroxyl groups is 1. The van der Waals surface area contributed by atoms with E-state index in [4.69, 9.17) is 0 Å². The van der Waals surface area contributed by atoms with Gasteiger partial charge in [0.1, 0.15) is 5.69 Å². The molecule has 6 rings (SSSR count). The minimum absolute atomic E-state index is 0.0226. The molecule has 1 spiro atoms. The smallest absolute Gasteiger partial charge is 0.270 e. The monoisotopic (exact) mass is 419 g/mol. The number of amides is 2. The highest BCUT2D eigenvalue weighted by atomic mass is 16.3. The highest BCUT2D eigenvalue weighted by molar-refractivity contribution is 5.99. The van der Waals surface area contributed by atoms with Crippen molar-refractivity contribution in [3.8, 4) is 0 Å². The summed E-state index contributed by atoms with van der Waals surface area (Å²) in [7, 11) is 0. The minimum atomic E-state index is -0.322. The molecule has 2 aromatic heterocycles. The van der Waals surface area contributed by atoms with Crippen molar-refractivity contribution in [2.75, 3.05) is 13.1 Å². The lowest BCUT2D eigenvalue weighted by Crippen LogP contribution is -2.49. The fourth-order valence-corrected chi connectivity index (χ4v) is 5.20. The zero-order chi connectivity index (χ0) is 21.2. The van der Waals surface area contributed by atoms with Crippen LogP contribution in [0.4, 0.5) is 0 Å². The number of benzene rings is 1. The Morgan fingerprint density at radius 3 is 2.77 bits per heavy atom. The summed E-state index contributed by atoms with van der Waals surface area (Å²) in [4.78, 5) is 33.5. The lowest BCUT2D eigenvalue weighted by Gasteiger charge is -2.39. The molecule has 0 radical (unpaired) electrons. The van der Waals surface area contributed by atoms with E-state index in [0.29, 0.717) is 50.3 Å². The number of aliphatic hydroxyl groups excluding tert-OH is 1. The van der Waals surface area contributed by atoms with Crippen molar-refractivity contribution in [2.24, 2.45) is 0 Å². The van der Waals surface area contributed by atoms with Gasteiger partial charge in [-0.05, 0) is 37.8 Å². The van der Waals surface area contributed by atoms with Gasteiger partial charge >= 0.3 is 0 Å². The van der Waals surface area contributed by atoms with Crippen LogP contribution in [0.25, 0.3) is 10.9 Å².